The van der Waals surface area contributed by atoms with Crippen molar-refractivity contribution in [1.82, 2.24) is 29.7 Å². The van der Waals surface area contributed by atoms with Gasteiger partial charge in [0.05, 0.1) is 26.1 Å². The molecule has 4 unspecified atom stereocenters. The number of hydrogen-bond donors (Lipinski definition) is 5. The van der Waals surface area contributed by atoms with Crippen LogP contribution in [-0.2, 0) is 32.9 Å². The lowest BCUT2D eigenvalue weighted by Gasteiger charge is -2.32. The Labute approximate surface area is 287 Å². The first-order valence-corrected chi connectivity index (χ1v) is 18.8. The molecule has 2 aliphatic heterocycles. The number of anilines is 2. The molecule has 0 radical (unpaired) electrons. The second kappa shape index (κ2) is 16.4. The number of aliphatic hydroxyl groups is 2. The Morgan fingerprint density at radius 1 is 1.06 bits per heavy atom. The average Bonchev–Trinajstić information content (AvgIpc) is 3.80. The molecule has 2 saturated heterocycles. The number of hydrogen-bond acceptors (Lipinski definition) is 14. The van der Waals surface area contributed by atoms with E-state index in [0.29, 0.717) is 29.8 Å². The van der Waals surface area contributed by atoms with Gasteiger partial charge in [0, 0.05) is 13.1 Å². The van der Waals surface area contributed by atoms with E-state index in [0.717, 1.165) is 25.9 Å². The van der Waals surface area contributed by atoms with Gasteiger partial charge in [-0.3, -0.25) is 18.7 Å². The molecule has 49 heavy (non-hydrogen) atoms. The number of carbonyl (C=O) groups is 2. The fraction of sp³-hybridized carbons (Fsp3) is 0.774. The molecule has 4 rings (SSSR count). The molecular formula is C31H53N8O9P. The number of aromatic nitrogens is 4. The lowest BCUT2D eigenvalue weighted by Crippen LogP contribution is -2.49. The number of nitrogens with zero attached hydrogens (tertiary/aromatic N) is 5. The third-order valence-electron chi connectivity index (χ3n) is 9.38. The Bertz CT molecular complexity index is 1450. The summed E-state index contributed by atoms with van der Waals surface area (Å²) in [6, 6.07) is -2.14. The first kappa shape index (κ1) is 38.9. The molecular weight excluding hydrogens is 659 g/mol. The van der Waals surface area contributed by atoms with Gasteiger partial charge in [0.2, 0.25) is 5.95 Å². The summed E-state index contributed by atoms with van der Waals surface area (Å²) in [7, 11) is -4.32. The zero-order valence-electron chi connectivity index (χ0n) is 29.5. The van der Waals surface area contributed by atoms with Crippen LogP contribution in [0.15, 0.2) is 6.33 Å². The fourth-order valence-electron chi connectivity index (χ4n) is 6.03. The summed E-state index contributed by atoms with van der Waals surface area (Å²) in [5.41, 5.74) is 4.96. The van der Waals surface area contributed by atoms with Gasteiger partial charge >= 0.3 is 19.6 Å². The molecule has 2 aromatic heterocycles. The molecule has 0 bridgehead atoms. The number of fused-ring (bicyclic) bond motifs is 1. The van der Waals surface area contributed by atoms with Crippen LogP contribution in [0.3, 0.4) is 0 Å². The molecule has 276 valence electrons. The van der Waals surface area contributed by atoms with Crippen molar-refractivity contribution in [2.75, 3.05) is 43.5 Å². The van der Waals surface area contributed by atoms with Crippen molar-refractivity contribution in [2.45, 2.75) is 110 Å². The second-order valence-corrected chi connectivity index (χ2v) is 14.8. The van der Waals surface area contributed by atoms with Crippen LogP contribution in [0.25, 0.3) is 11.2 Å². The normalized spacial score (nSPS) is 26.3. The molecule has 4 heterocycles. The van der Waals surface area contributed by atoms with Gasteiger partial charge in [-0.1, -0.05) is 40.5 Å². The molecule has 2 fully saturated rings. The summed E-state index contributed by atoms with van der Waals surface area (Å²) in [6.45, 7) is 13.3. The van der Waals surface area contributed by atoms with E-state index >= 15 is 0 Å². The number of esters is 2. The Morgan fingerprint density at radius 3 is 2.12 bits per heavy atom. The number of rotatable bonds is 17. The van der Waals surface area contributed by atoms with E-state index in [4.69, 9.17) is 24.5 Å². The molecule has 18 heteroatoms. The van der Waals surface area contributed by atoms with Crippen molar-refractivity contribution < 1.29 is 43.1 Å². The predicted octanol–water partition coefficient (Wildman–Crippen LogP) is 2.28. The van der Waals surface area contributed by atoms with Crippen molar-refractivity contribution in [3.63, 3.8) is 0 Å². The molecule has 0 aromatic carbocycles. The van der Waals surface area contributed by atoms with Crippen molar-refractivity contribution in [3.8, 4) is 0 Å². The third kappa shape index (κ3) is 8.52. The van der Waals surface area contributed by atoms with Gasteiger partial charge in [-0.25, -0.2) is 15.2 Å². The van der Waals surface area contributed by atoms with Crippen LogP contribution in [0.1, 0.15) is 80.4 Å². The quantitative estimate of drug-likeness (QED) is 0.117. The molecule has 0 aliphatic carbocycles. The van der Waals surface area contributed by atoms with Crippen LogP contribution in [0.2, 0.25) is 0 Å². The summed E-state index contributed by atoms with van der Waals surface area (Å²) in [5, 5.41) is 28.6. The maximum atomic E-state index is 14.7. The van der Waals surface area contributed by atoms with E-state index in [1.165, 1.54) is 17.8 Å². The third-order valence-corrected chi connectivity index (χ3v) is 11.1. The second-order valence-electron chi connectivity index (χ2n) is 13.0. The van der Waals surface area contributed by atoms with Gasteiger partial charge in [-0.15, -0.1) is 0 Å². The van der Waals surface area contributed by atoms with Gasteiger partial charge in [0.15, 0.2) is 23.2 Å². The topological polar surface area (TPSA) is 226 Å². The Morgan fingerprint density at radius 2 is 1.61 bits per heavy atom. The molecule has 0 amide bonds. The number of aliphatic hydroxyl groups excluding tert-OH is 1. The van der Waals surface area contributed by atoms with E-state index in [1.54, 1.807) is 27.7 Å². The van der Waals surface area contributed by atoms with Gasteiger partial charge in [0.1, 0.15) is 29.9 Å². The summed E-state index contributed by atoms with van der Waals surface area (Å²) in [4.78, 5) is 41.4. The minimum Gasteiger partial charge on any atom is -0.465 e. The van der Waals surface area contributed by atoms with Crippen LogP contribution in [0.5, 0.6) is 0 Å². The van der Waals surface area contributed by atoms with Gasteiger partial charge < -0.3 is 39.6 Å². The monoisotopic (exact) mass is 712 g/mol. The highest BCUT2D eigenvalue weighted by Crippen LogP contribution is 2.45. The summed E-state index contributed by atoms with van der Waals surface area (Å²) >= 11 is 0. The smallest absolute Gasteiger partial charge is 0.342 e. The number of ether oxygens (including phenoxy) is 3. The summed E-state index contributed by atoms with van der Waals surface area (Å²) in [5.74, 6) is -1.36. The molecule has 2 aliphatic rings. The molecule has 6 N–H and O–H groups in total. The van der Waals surface area contributed by atoms with Crippen molar-refractivity contribution in [1.29, 1.82) is 0 Å². The highest BCUT2D eigenvalue weighted by Gasteiger charge is 2.54. The van der Waals surface area contributed by atoms with E-state index in [9.17, 15) is 24.4 Å². The molecule has 17 nitrogen and oxygen atoms in total. The predicted molar refractivity (Wildman–Crippen MR) is 181 cm³/mol. The van der Waals surface area contributed by atoms with E-state index < -0.39 is 62.3 Å². The van der Waals surface area contributed by atoms with E-state index in [-0.39, 0.29) is 31.0 Å². The SMILES string of the molecule is CCOC(=O)[C@@H](NP(=O)(N[C@H](C(=O)OCC)C(C)CC)OC[C@H]1OC(n2cnc3c(N4CCCC4)nc(N)nc32)[C@@](C)(O)C1O)C(C)CC. The summed E-state index contributed by atoms with van der Waals surface area (Å²) < 4.78 is 38.9. The van der Waals surface area contributed by atoms with Crippen LogP contribution < -0.4 is 20.8 Å². The maximum Gasteiger partial charge on any atom is 0.342 e. The molecule has 8 atom stereocenters. The molecule has 0 spiro atoms. The lowest BCUT2D eigenvalue weighted by atomic mass is 9.96. The maximum absolute atomic E-state index is 14.7. The zero-order chi connectivity index (χ0) is 36.1. The minimum atomic E-state index is -4.32. The number of imidazole rings is 1. The molecule has 0 saturated carbocycles. The zero-order valence-corrected chi connectivity index (χ0v) is 30.4. The van der Waals surface area contributed by atoms with Crippen molar-refractivity contribution in [2.24, 2.45) is 11.8 Å². The number of carbonyl (C=O) groups excluding carboxylic acids is 2. The molecule has 2 aromatic rings. The van der Waals surface area contributed by atoms with Crippen LogP contribution in [0.4, 0.5) is 11.8 Å². The number of nitrogens with one attached hydrogen (secondary N) is 2. The highest BCUT2D eigenvalue weighted by atomic mass is 31.2. The lowest BCUT2D eigenvalue weighted by molar-refractivity contribution is -0.147. The van der Waals surface area contributed by atoms with E-state index in [1.807, 2.05) is 13.8 Å². The van der Waals surface area contributed by atoms with Gasteiger partial charge in [-0.2, -0.15) is 9.97 Å². The Hall–Kier alpha value is -2.92. The Kier molecular flexibility index (Phi) is 13.0. The average molecular weight is 713 g/mol. The van der Waals surface area contributed by atoms with Crippen LogP contribution >= 0.6 is 7.67 Å². The minimum absolute atomic E-state index is 0.0160. The highest BCUT2D eigenvalue weighted by molar-refractivity contribution is 7.54. The van der Waals surface area contributed by atoms with E-state index in [2.05, 4.69) is 30.0 Å². The van der Waals surface area contributed by atoms with Gasteiger partial charge in [-0.05, 0) is 45.4 Å². The first-order chi connectivity index (χ1) is 23.2. The van der Waals surface area contributed by atoms with Crippen molar-refractivity contribution >= 4 is 42.5 Å². The van der Waals surface area contributed by atoms with Gasteiger partial charge in [0.25, 0.3) is 0 Å². The van der Waals surface area contributed by atoms with Crippen LogP contribution in [0, 0.1) is 11.8 Å². The summed E-state index contributed by atoms with van der Waals surface area (Å²) in [6.07, 6.45) is 0.547. The Balaban J connectivity index is 1.64. The number of nitrogen functional groups attached to an aromatic ring is 1. The number of nitrogens with two attached hydrogens (primary N) is 1. The largest absolute Gasteiger partial charge is 0.465 e. The van der Waals surface area contributed by atoms with Crippen LogP contribution in [-0.4, -0.2) is 104 Å². The fourth-order valence-corrected chi connectivity index (χ4v) is 8.07. The standard InChI is InChI=1S/C31H53N8O9P/c1-8-18(5)21(27(41)45-10-3)36-49(44,37-22(19(6)9-2)28(42)46-11-4)47-16-20-24(40)31(7,43)29(48-20)39-17-33-23-25(38-14-12-13-15-38)34-30(32)35-26(23)39/h17-22,24,29,40,43H,8-16H2,1-7H3,(H2,32,34,35)(H2,36,37,44)/t18?,19?,20-,21+,22+,24?,29?,31+,49?/m1/s1. The first-order valence-electron chi connectivity index (χ1n) is 17.1. The van der Waals surface area contributed by atoms with Crippen molar-refractivity contribution in [3.05, 3.63) is 6.33 Å².